The normalized spacial score (nSPS) is 13.1. The Hall–Kier alpha value is -0.740. The molecule has 3 nitrogen and oxygen atoms in total. The van der Waals surface area contributed by atoms with Crippen LogP contribution in [0.1, 0.15) is 37.6 Å². The van der Waals surface area contributed by atoms with Crippen LogP contribution in [0.2, 0.25) is 5.02 Å². The minimum Gasteiger partial charge on any atom is -0.506 e. The number of rotatable bonds is 4. The van der Waals surface area contributed by atoms with Crippen LogP contribution in [0.25, 0.3) is 0 Å². The lowest BCUT2D eigenvalue weighted by molar-refractivity contribution is 0.0952. The molecular formula is C14H19BrClNO2. The van der Waals surface area contributed by atoms with E-state index in [0.29, 0.717) is 12.1 Å². The van der Waals surface area contributed by atoms with Crippen molar-refractivity contribution in [2.24, 2.45) is 5.41 Å². The molecule has 0 saturated heterocycles. The summed E-state index contributed by atoms with van der Waals surface area (Å²) in [6.07, 6.45) is 0.962. The summed E-state index contributed by atoms with van der Waals surface area (Å²) in [5.41, 5.74) is 0.652. The smallest absolute Gasteiger partial charge is 0.251 e. The van der Waals surface area contributed by atoms with E-state index in [4.69, 9.17) is 11.6 Å². The highest BCUT2D eigenvalue weighted by atomic mass is 79.9. The summed E-state index contributed by atoms with van der Waals surface area (Å²) < 4.78 is 0. The quantitative estimate of drug-likeness (QED) is 0.809. The van der Waals surface area contributed by atoms with Gasteiger partial charge in [-0.1, -0.05) is 48.3 Å². The molecule has 1 rings (SSSR count). The molecule has 1 atom stereocenters. The number of alkyl halides is 1. The van der Waals surface area contributed by atoms with E-state index in [1.54, 1.807) is 6.07 Å². The Kier molecular flexibility index (Phi) is 5.68. The van der Waals surface area contributed by atoms with Gasteiger partial charge in [-0.2, -0.15) is 0 Å². The molecule has 1 amide bonds. The standard InChI is InChI=1S/C14H19BrClNO2/c1-14(2,3)7-10(15)8-17-13(19)9-4-5-12(18)11(16)6-9/h4-6,10,18H,7-8H2,1-3H3,(H,17,19). The Morgan fingerprint density at radius 1 is 1.47 bits per heavy atom. The van der Waals surface area contributed by atoms with Crippen LogP contribution in [-0.4, -0.2) is 22.4 Å². The molecule has 1 unspecified atom stereocenters. The topological polar surface area (TPSA) is 49.3 Å². The second kappa shape index (κ2) is 6.62. The van der Waals surface area contributed by atoms with E-state index in [-0.39, 0.29) is 26.9 Å². The second-order valence-electron chi connectivity index (χ2n) is 5.74. The lowest BCUT2D eigenvalue weighted by atomic mass is 9.90. The maximum absolute atomic E-state index is 11.9. The summed E-state index contributed by atoms with van der Waals surface area (Å²) in [6.45, 7) is 7.02. The molecular weight excluding hydrogens is 330 g/mol. The number of nitrogens with one attached hydrogen (secondary N) is 1. The van der Waals surface area contributed by atoms with Crippen molar-refractivity contribution < 1.29 is 9.90 Å². The number of hydrogen-bond acceptors (Lipinski definition) is 2. The Balaban J connectivity index is 2.53. The van der Waals surface area contributed by atoms with Crippen molar-refractivity contribution in [1.29, 1.82) is 0 Å². The number of amides is 1. The maximum Gasteiger partial charge on any atom is 0.251 e. The minimum absolute atomic E-state index is 0.0238. The van der Waals surface area contributed by atoms with Gasteiger partial charge in [0, 0.05) is 16.9 Å². The van der Waals surface area contributed by atoms with Crippen molar-refractivity contribution in [1.82, 2.24) is 5.32 Å². The molecule has 5 heteroatoms. The highest BCUT2D eigenvalue weighted by Crippen LogP contribution is 2.25. The molecule has 0 spiro atoms. The monoisotopic (exact) mass is 347 g/mol. The summed E-state index contributed by atoms with van der Waals surface area (Å²) >= 11 is 9.33. The van der Waals surface area contributed by atoms with Gasteiger partial charge in [0.15, 0.2) is 0 Å². The molecule has 19 heavy (non-hydrogen) atoms. The minimum atomic E-state index is -0.194. The predicted octanol–water partition coefficient (Wildman–Crippen LogP) is 3.98. The summed E-state index contributed by atoms with van der Waals surface area (Å²) in [6, 6.07) is 4.42. The molecule has 0 radical (unpaired) electrons. The maximum atomic E-state index is 11.9. The highest BCUT2D eigenvalue weighted by Gasteiger charge is 2.17. The van der Waals surface area contributed by atoms with Crippen LogP contribution in [0.15, 0.2) is 18.2 Å². The van der Waals surface area contributed by atoms with Gasteiger partial charge in [0.1, 0.15) is 5.75 Å². The molecule has 0 aliphatic heterocycles. The zero-order valence-corrected chi connectivity index (χ0v) is 13.7. The Morgan fingerprint density at radius 3 is 2.63 bits per heavy atom. The summed E-state index contributed by atoms with van der Waals surface area (Å²) in [4.78, 5) is 12.1. The first-order chi connectivity index (χ1) is 8.69. The Labute approximate surface area is 127 Å². The SMILES string of the molecule is CC(C)(C)CC(Br)CNC(=O)c1ccc(O)c(Cl)c1. The van der Waals surface area contributed by atoms with Crippen LogP contribution in [0.3, 0.4) is 0 Å². The first kappa shape index (κ1) is 16.3. The molecule has 0 aliphatic carbocycles. The molecule has 0 aliphatic rings. The van der Waals surface area contributed by atoms with Crippen molar-refractivity contribution in [3.8, 4) is 5.75 Å². The number of benzene rings is 1. The van der Waals surface area contributed by atoms with Gasteiger partial charge in [0.2, 0.25) is 0 Å². The van der Waals surface area contributed by atoms with Gasteiger partial charge in [0.25, 0.3) is 5.91 Å². The van der Waals surface area contributed by atoms with Crippen LogP contribution >= 0.6 is 27.5 Å². The molecule has 1 aromatic rings. The third kappa shape index (κ3) is 5.83. The number of hydrogen-bond donors (Lipinski definition) is 2. The Morgan fingerprint density at radius 2 is 2.11 bits per heavy atom. The van der Waals surface area contributed by atoms with Crippen LogP contribution in [-0.2, 0) is 0 Å². The van der Waals surface area contributed by atoms with Gasteiger partial charge in [-0.15, -0.1) is 0 Å². The number of phenolic OH excluding ortho intramolecular Hbond substituents is 1. The first-order valence-electron chi connectivity index (χ1n) is 6.10. The van der Waals surface area contributed by atoms with Gasteiger partial charge in [-0.05, 0) is 30.0 Å². The fourth-order valence-corrected chi connectivity index (χ4v) is 3.00. The molecule has 1 aromatic carbocycles. The third-order valence-electron chi connectivity index (χ3n) is 2.53. The van der Waals surface area contributed by atoms with E-state index < -0.39 is 0 Å². The van der Waals surface area contributed by atoms with Gasteiger partial charge in [-0.25, -0.2) is 0 Å². The average Bonchev–Trinajstić information content (AvgIpc) is 2.27. The zero-order valence-electron chi connectivity index (χ0n) is 11.3. The van der Waals surface area contributed by atoms with E-state index >= 15 is 0 Å². The number of aromatic hydroxyl groups is 1. The number of phenols is 1. The van der Waals surface area contributed by atoms with Crippen molar-refractivity contribution in [3.05, 3.63) is 28.8 Å². The van der Waals surface area contributed by atoms with Crippen LogP contribution in [0, 0.1) is 5.41 Å². The Bertz CT molecular complexity index is 457. The summed E-state index contributed by atoms with van der Waals surface area (Å²) in [7, 11) is 0. The zero-order chi connectivity index (χ0) is 14.6. The molecule has 106 valence electrons. The molecule has 2 N–H and O–H groups in total. The van der Waals surface area contributed by atoms with Crippen LogP contribution in [0.5, 0.6) is 5.75 Å². The third-order valence-corrected chi connectivity index (χ3v) is 3.48. The van der Waals surface area contributed by atoms with Gasteiger partial charge < -0.3 is 10.4 Å². The molecule has 0 saturated carbocycles. The van der Waals surface area contributed by atoms with Crippen molar-refractivity contribution >= 4 is 33.4 Å². The number of carbonyl (C=O) groups excluding carboxylic acids is 1. The fraction of sp³-hybridized carbons (Fsp3) is 0.500. The lowest BCUT2D eigenvalue weighted by Crippen LogP contribution is -2.31. The van der Waals surface area contributed by atoms with E-state index in [1.807, 2.05) is 0 Å². The van der Waals surface area contributed by atoms with Gasteiger partial charge >= 0.3 is 0 Å². The number of carbonyl (C=O) groups is 1. The average molecular weight is 349 g/mol. The van der Waals surface area contributed by atoms with Gasteiger partial charge in [0.05, 0.1) is 5.02 Å². The van der Waals surface area contributed by atoms with Crippen LogP contribution < -0.4 is 5.32 Å². The highest BCUT2D eigenvalue weighted by molar-refractivity contribution is 9.09. The van der Waals surface area contributed by atoms with Crippen LogP contribution in [0.4, 0.5) is 0 Å². The predicted molar refractivity (Wildman–Crippen MR) is 82.2 cm³/mol. The van der Waals surface area contributed by atoms with E-state index in [0.717, 1.165) is 6.42 Å². The summed E-state index contributed by atoms with van der Waals surface area (Å²) in [5.74, 6) is -0.218. The van der Waals surface area contributed by atoms with Crippen molar-refractivity contribution in [2.45, 2.75) is 32.0 Å². The second-order valence-corrected chi connectivity index (χ2v) is 7.44. The molecule has 0 fully saturated rings. The largest absolute Gasteiger partial charge is 0.506 e. The summed E-state index contributed by atoms with van der Waals surface area (Å²) in [5, 5.41) is 12.3. The van der Waals surface area contributed by atoms with E-state index in [2.05, 4.69) is 42.0 Å². The molecule has 0 aromatic heterocycles. The molecule has 0 bridgehead atoms. The number of halogens is 2. The van der Waals surface area contributed by atoms with E-state index in [1.165, 1.54) is 12.1 Å². The van der Waals surface area contributed by atoms with Crippen molar-refractivity contribution in [3.63, 3.8) is 0 Å². The fourth-order valence-electron chi connectivity index (χ4n) is 1.69. The van der Waals surface area contributed by atoms with E-state index in [9.17, 15) is 9.90 Å². The first-order valence-corrected chi connectivity index (χ1v) is 7.39. The van der Waals surface area contributed by atoms with Crippen molar-refractivity contribution in [2.75, 3.05) is 6.54 Å². The molecule has 0 heterocycles. The van der Waals surface area contributed by atoms with Gasteiger partial charge in [-0.3, -0.25) is 4.79 Å². The lowest BCUT2D eigenvalue weighted by Gasteiger charge is -2.22.